The molecule has 0 saturated carbocycles. The molecule has 2 N–H and O–H groups in total. The molecule has 0 spiro atoms. The van der Waals surface area contributed by atoms with Crippen molar-refractivity contribution in [1.82, 2.24) is 15.1 Å². The van der Waals surface area contributed by atoms with Crippen LogP contribution in [0, 0.1) is 12.8 Å². The monoisotopic (exact) mass is 239 g/mol. The van der Waals surface area contributed by atoms with Crippen molar-refractivity contribution in [3.8, 4) is 0 Å². The lowest BCUT2D eigenvalue weighted by Crippen LogP contribution is -2.36. The summed E-state index contributed by atoms with van der Waals surface area (Å²) < 4.78 is 1.85. The van der Waals surface area contributed by atoms with Gasteiger partial charge in [-0.05, 0) is 26.2 Å². The van der Waals surface area contributed by atoms with Crippen LogP contribution >= 0.6 is 0 Å². The molecular formula is C13H25N3O. The number of hydrogen-bond donors (Lipinski definition) is 2. The zero-order valence-electron chi connectivity index (χ0n) is 11.6. The van der Waals surface area contributed by atoms with Crippen LogP contribution < -0.4 is 5.32 Å². The van der Waals surface area contributed by atoms with Crippen molar-refractivity contribution in [2.75, 3.05) is 6.61 Å². The number of nitrogens with zero attached hydrogens (tertiary/aromatic N) is 2. The third-order valence-corrected chi connectivity index (χ3v) is 3.23. The first-order valence-electron chi connectivity index (χ1n) is 6.32. The third-order valence-electron chi connectivity index (χ3n) is 3.23. The molecule has 0 aliphatic rings. The van der Waals surface area contributed by atoms with Gasteiger partial charge in [0, 0.05) is 37.5 Å². The molecule has 0 fully saturated rings. The third kappa shape index (κ3) is 3.82. The summed E-state index contributed by atoms with van der Waals surface area (Å²) in [7, 11) is 1.94. The van der Waals surface area contributed by atoms with Gasteiger partial charge in [0.25, 0.3) is 0 Å². The highest BCUT2D eigenvalue weighted by molar-refractivity contribution is 5.19. The van der Waals surface area contributed by atoms with Crippen molar-refractivity contribution < 1.29 is 5.11 Å². The number of aryl methyl sites for hydroxylation is 2. The van der Waals surface area contributed by atoms with E-state index in [0.29, 0.717) is 12.0 Å². The standard InChI is InChI=1S/C13H25N3O/c1-9(2)13(6-7-17)14-10(3)12-8-16(5)15-11(12)4/h8-10,13-14,17H,6-7H2,1-5H3. The largest absolute Gasteiger partial charge is 0.396 e. The summed E-state index contributed by atoms with van der Waals surface area (Å²) in [5, 5.41) is 17.0. The van der Waals surface area contributed by atoms with Crippen molar-refractivity contribution in [3.05, 3.63) is 17.5 Å². The number of nitrogens with one attached hydrogen (secondary N) is 1. The fraction of sp³-hybridized carbons (Fsp3) is 0.769. The smallest absolute Gasteiger partial charge is 0.0641 e. The van der Waals surface area contributed by atoms with E-state index in [2.05, 4.69) is 37.4 Å². The first kappa shape index (κ1) is 14.2. The van der Waals surface area contributed by atoms with Gasteiger partial charge in [-0.25, -0.2) is 0 Å². The van der Waals surface area contributed by atoms with Gasteiger partial charge in [0.1, 0.15) is 0 Å². The number of rotatable bonds is 6. The van der Waals surface area contributed by atoms with Crippen LogP contribution in [0.5, 0.6) is 0 Å². The Balaban J connectivity index is 2.69. The van der Waals surface area contributed by atoms with Gasteiger partial charge in [-0.2, -0.15) is 5.10 Å². The predicted octanol–water partition coefficient (Wildman–Crippen LogP) is 1.79. The maximum atomic E-state index is 9.07. The fourth-order valence-electron chi connectivity index (χ4n) is 2.20. The minimum atomic E-state index is 0.231. The number of aliphatic hydroxyl groups excluding tert-OH is 1. The maximum absolute atomic E-state index is 9.07. The summed E-state index contributed by atoms with van der Waals surface area (Å²) in [5.41, 5.74) is 2.30. The molecule has 0 aromatic carbocycles. The summed E-state index contributed by atoms with van der Waals surface area (Å²) in [6, 6.07) is 0.609. The molecule has 1 heterocycles. The lowest BCUT2D eigenvalue weighted by molar-refractivity contribution is 0.237. The molecule has 1 aromatic rings. The summed E-state index contributed by atoms with van der Waals surface area (Å²) in [5.74, 6) is 0.515. The molecule has 98 valence electrons. The first-order chi connectivity index (χ1) is 7.95. The fourth-order valence-corrected chi connectivity index (χ4v) is 2.20. The minimum Gasteiger partial charge on any atom is -0.396 e. The van der Waals surface area contributed by atoms with Crippen LogP contribution in [0.4, 0.5) is 0 Å². The van der Waals surface area contributed by atoms with Crippen LogP contribution in [0.1, 0.15) is 44.5 Å². The molecule has 17 heavy (non-hydrogen) atoms. The van der Waals surface area contributed by atoms with Crippen molar-refractivity contribution in [2.45, 2.75) is 46.2 Å². The van der Waals surface area contributed by atoms with Crippen LogP contribution in [-0.4, -0.2) is 27.5 Å². The average Bonchev–Trinajstić information content (AvgIpc) is 2.57. The van der Waals surface area contributed by atoms with Crippen molar-refractivity contribution >= 4 is 0 Å². The molecule has 0 aliphatic heterocycles. The van der Waals surface area contributed by atoms with Crippen LogP contribution in [0.15, 0.2) is 6.20 Å². The molecule has 1 rings (SSSR count). The molecule has 4 heteroatoms. The van der Waals surface area contributed by atoms with Gasteiger partial charge in [0.2, 0.25) is 0 Å². The molecule has 4 nitrogen and oxygen atoms in total. The van der Waals surface area contributed by atoms with Gasteiger partial charge in [0.15, 0.2) is 0 Å². The molecule has 0 saturated heterocycles. The second-order valence-corrected chi connectivity index (χ2v) is 5.09. The Kier molecular flexibility index (Phi) is 5.15. The minimum absolute atomic E-state index is 0.231. The summed E-state index contributed by atoms with van der Waals surface area (Å²) in [4.78, 5) is 0. The number of aromatic nitrogens is 2. The Bertz CT molecular complexity index is 346. The first-order valence-corrected chi connectivity index (χ1v) is 6.32. The van der Waals surface area contributed by atoms with Gasteiger partial charge < -0.3 is 10.4 Å². The normalized spacial score (nSPS) is 15.2. The molecule has 0 radical (unpaired) electrons. The van der Waals surface area contributed by atoms with E-state index in [0.717, 1.165) is 12.1 Å². The highest BCUT2D eigenvalue weighted by Crippen LogP contribution is 2.18. The van der Waals surface area contributed by atoms with Crippen LogP contribution in [0.3, 0.4) is 0 Å². The van der Waals surface area contributed by atoms with E-state index in [1.54, 1.807) is 0 Å². The average molecular weight is 239 g/mol. The van der Waals surface area contributed by atoms with Gasteiger partial charge in [0.05, 0.1) is 5.69 Å². The Morgan fingerprint density at radius 2 is 2.06 bits per heavy atom. The van der Waals surface area contributed by atoms with Gasteiger partial charge in [-0.1, -0.05) is 13.8 Å². The summed E-state index contributed by atoms with van der Waals surface area (Å²) in [6.07, 6.45) is 2.85. The van der Waals surface area contributed by atoms with Gasteiger partial charge in [-0.15, -0.1) is 0 Å². The number of aliphatic hydroxyl groups is 1. The molecular weight excluding hydrogens is 214 g/mol. The zero-order valence-corrected chi connectivity index (χ0v) is 11.6. The van der Waals surface area contributed by atoms with Crippen molar-refractivity contribution in [3.63, 3.8) is 0 Å². The molecule has 0 amide bonds. The lowest BCUT2D eigenvalue weighted by Gasteiger charge is -2.25. The van der Waals surface area contributed by atoms with Crippen molar-refractivity contribution in [1.29, 1.82) is 0 Å². The SMILES string of the molecule is Cc1nn(C)cc1C(C)NC(CCO)C(C)C. The van der Waals surface area contributed by atoms with E-state index in [4.69, 9.17) is 5.11 Å². The zero-order chi connectivity index (χ0) is 13.0. The molecule has 2 unspecified atom stereocenters. The molecule has 0 aliphatic carbocycles. The highest BCUT2D eigenvalue weighted by Gasteiger charge is 2.18. The second kappa shape index (κ2) is 6.17. The summed E-state index contributed by atoms with van der Waals surface area (Å²) in [6.45, 7) is 8.77. The van der Waals surface area contributed by atoms with Crippen LogP contribution in [0.2, 0.25) is 0 Å². The van der Waals surface area contributed by atoms with Gasteiger partial charge in [-0.3, -0.25) is 4.68 Å². The van der Waals surface area contributed by atoms with Crippen LogP contribution in [-0.2, 0) is 7.05 Å². The second-order valence-electron chi connectivity index (χ2n) is 5.09. The molecule has 0 bridgehead atoms. The maximum Gasteiger partial charge on any atom is 0.0641 e. The van der Waals surface area contributed by atoms with E-state index in [1.807, 2.05) is 18.7 Å². The van der Waals surface area contributed by atoms with Crippen molar-refractivity contribution in [2.24, 2.45) is 13.0 Å². The van der Waals surface area contributed by atoms with E-state index in [-0.39, 0.29) is 12.6 Å². The quantitative estimate of drug-likeness (QED) is 0.795. The Morgan fingerprint density at radius 1 is 1.41 bits per heavy atom. The van der Waals surface area contributed by atoms with Gasteiger partial charge >= 0.3 is 0 Å². The number of hydrogen-bond acceptors (Lipinski definition) is 3. The Labute approximate surface area is 104 Å². The summed E-state index contributed by atoms with van der Waals surface area (Å²) >= 11 is 0. The lowest BCUT2D eigenvalue weighted by atomic mass is 9.99. The Hall–Kier alpha value is -0.870. The molecule has 1 aromatic heterocycles. The molecule has 2 atom stereocenters. The highest BCUT2D eigenvalue weighted by atomic mass is 16.3. The van der Waals surface area contributed by atoms with E-state index >= 15 is 0 Å². The van der Waals surface area contributed by atoms with Crippen LogP contribution in [0.25, 0.3) is 0 Å². The topological polar surface area (TPSA) is 50.1 Å². The van der Waals surface area contributed by atoms with E-state index in [9.17, 15) is 0 Å². The predicted molar refractivity (Wildman–Crippen MR) is 69.8 cm³/mol. The van der Waals surface area contributed by atoms with E-state index in [1.165, 1.54) is 5.56 Å². The van der Waals surface area contributed by atoms with E-state index < -0.39 is 0 Å². The Morgan fingerprint density at radius 3 is 2.47 bits per heavy atom.